The second-order valence-corrected chi connectivity index (χ2v) is 9.31. The number of sulfonamides is 1. The number of amides is 1. The third kappa shape index (κ3) is 5.37. The molecular weight excluding hydrogens is 407 g/mol. The van der Waals surface area contributed by atoms with Crippen LogP contribution in [0, 0.1) is 11.7 Å². The number of carbonyl (C=O) groups is 1. The second kappa shape index (κ2) is 10.0. The molecule has 2 aromatic carbocycles. The minimum Gasteiger partial charge on any atom is -0.496 e. The Morgan fingerprint density at radius 2 is 1.80 bits per heavy atom. The Morgan fingerprint density at radius 1 is 1.13 bits per heavy atom. The predicted octanol–water partition coefficient (Wildman–Crippen LogP) is 3.33. The average molecular weight is 435 g/mol. The van der Waals surface area contributed by atoms with E-state index in [9.17, 15) is 17.6 Å². The fraction of sp³-hybridized carbons (Fsp3) is 0.409. The van der Waals surface area contributed by atoms with Crippen molar-refractivity contribution in [2.45, 2.75) is 37.1 Å². The van der Waals surface area contributed by atoms with Crippen LogP contribution in [-0.2, 0) is 21.4 Å². The fourth-order valence-electron chi connectivity index (χ4n) is 3.70. The Labute approximate surface area is 177 Å². The monoisotopic (exact) mass is 434 g/mol. The Bertz CT molecular complexity index is 973. The summed E-state index contributed by atoms with van der Waals surface area (Å²) in [4.78, 5) is 11.9. The average Bonchev–Trinajstić information content (AvgIpc) is 2.77. The first-order chi connectivity index (χ1) is 14.4. The molecule has 0 unspecified atom stereocenters. The highest BCUT2D eigenvalue weighted by atomic mass is 32.2. The number of para-hydroxylation sites is 1. The van der Waals surface area contributed by atoms with Gasteiger partial charge in [0.1, 0.15) is 16.5 Å². The lowest BCUT2D eigenvalue weighted by Crippen LogP contribution is -2.39. The number of nitrogens with one attached hydrogen (secondary N) is 1. The van der Waals surface area contributed by atoms with E-state index >= 15 is 0 Å². The predicted molar refractivity (Wildman–Crippen MR) is 112 cm³/mol. The van der Waals surface area contributed by atoms with Crippen molar-refractivity contribution in [3.8, 4) is 5.75 Å². The van der Waals surface area contributed by atoms with Gasteiger partial charge in [-0.3, -0.25) is 4.79 Å². The van der Waals surface area contributed by atoms with E-state index in [4.69, 9.17) is 4.74 Å². The van der Waals surface area contributed by atoms with Crippen LogP contribution in [-0.4, -0.2) is 38.8 Å². The highest BCUT2D eigenvalue weighted by Crippen LogP contribution is 2.27. The number of benzene rings is 2. The lowest BCUT2D eigenvalue weighted by Gasteiger charge is -2.31. The van der Waals surface area contributed by atoms with Gasteiger partial charge in [-0.05, 0) is 43.4 Å². The summed E-state index contributed by atoms with van der Waals surface area (Å²) in [6.45, 7) is 1.08. The van der Waals surface area contributed by atoms with Crippen LogP contribution in [0.2, 0.25) is 0 Å². The Kier molecular flexibility index (Phi) is 7.44. The summed E-state index contributed by atoms with van der Waals surface area (Å²) in [5.74, 6) is 0.240. The standard InChI is InChI=1S/C22H27FN2O4S/c1-29-20-8-4-2-6-18(20)16-24-22(26)11-10-17-12-14-25(15-13-17)30(27,28)21-9-5-3-7-19(21)23/h2-9,17H,10-16H2,1H3,(H,24,26). The van der Waals surface area contributed by atoms with Crippen LogP contribution >= 0.6 is 0 Å². The largest absolute Gasteiger partial charge is 0.496 e. The Morgan fingerprint density at radius 3 is 2.50 bits per heavy atom. The van der Waals surface area contributed by atoms with Gasteiger partial charge in [-0.1, -0.05) is 30.3 Å². The number of carbonyl (C=O) groups excluding carboxylic acids is 1. The maximum atomic E-state index is 13.9. The number of methoxy groups -OCH3 is 1. The number of ether oxygens (including phenoxy) is 1. The first-order valence-electron chi connectivity index (χ1n) is 10.0. The highest BCUT2D eigenvalue weighted by molar-refractivity contribution is 7.89. The SMILES string of the molecule is COc1ccccc1CNC(=O)CCC1CCN(S(=O)(=O)c2ccccc2F)CC1. The Hall–Kier alpha value is -2.45. The molecule has 8 heteroatoms. The van der Waals surface area contributed by atoms with Gasteiger partial charge in [0.25, 0.3) is 0 Å². The van der Waals surface area contributed by atoms with Crippen molar-refractivity contribution in [1.82, 2.24) is 9.62 Å². The molecule has 0 saturated carbocycles. The van der Waals surface area contributed by atoms with Crippen molar-refractivity contribution in [3.05, 3.63) is 59.9 Å². The Balaban J connectivity index is 1.45. The lowest BCUT2D eigenvalue weighted by molar-refractivity contribution is -0.121. The van der Waals surface area contributed by atoms with Crippen molar-refractivity contribution < 1.29 is 22.3 Å². The summed E-state index contributed by atoms with van der Waals surface area (Å²) in [6.07, 6.45) is 2.41. The molecule has 0 spiro atoms. The van der Waals surface area contributed by atoms with E-state index in [-0.39, 0.29) is 16.7 Å². The molecule has 0 radical (unpaired) electrons. The summed E-state index contributed by atoms with van der Waals surface area (Å²) in [6, 6.07) is 13.0. The van der Waals surface area contributed by atoms with Gasteiger partial charge in [0.2, 0.25) is 15.9 Å². The van der Waals surface area contributed by atoms with E-state index in [1.165, 1.54) is 22.5 Å². The maximum Gasteiger partial charge on any atom is 0.245 e. The molecular formula is C22H27FN2O4S. The highest BCUT2D eigenvalue weighted by Gasteiger charge is 2.31. The molecule has 1 amide bonds. The normalized spacial score (nSPS) is 15.7. The van der Waals surface area contributed by atoms with E-state index in [0.29, 0.717) is 45.3 Å². The van der Waals surface area contributed by atoms with Crippen LogP contribution in [0.5, 0.6) is 5.75 Å². The number of hydrogen-bond donors (Lipinski definition) is 1. The van der Waals surface area contributed by atoms with E-state index in [2.05, 4.69) is 5.32 Å². The fourth-order valence-corrected chi connectivity index (χ4v) is 5.23. The number of halogens is 1. The third-order valence-corrected chi connectivity index (χ3v) is 7.41. The van der Waals surface area contributed by atoms with E-state index in [1.54, 1.807) is 7.11 Å². The van der Waals surface area contributed by atoms with Gasteiger partial charge in [-0.25, -0.2) is 12.8 Å². The summed E-state index contributed by atoms with van der Waals surface area (Å²) < 4.78 is 45.9. The molecule has 3 rings (SSSR count). The summed E-state index contributed by atoms with van der Waals surface area (Å²) in [5.41, 5.74) is 0.917. The molecule has 0 atom stereocenters. The first-order valence-corrected chi connectivity index (χ1v) is 11.5. The van der Waals surface area contributed by atoms with Crippen LogP contribution in [0.15, 0.2) is 53.4 Å². The molecule has 1 heterocycles. The van der Waals surface area contributed by atoms with Crippen molar-refractivity contribution >= 4 is 15.9 Å². The van der Waals surface area contributed by atoms with E-state index in [1.807, 2.05) is 24.3 Å². The van der Waals surface area contributed by atoms with Gasteiger partial charge in [-0.2, -0.15) is 4.31 Å². The van der Waals surface area contributed by atoms with Crippen LogP contribution in [0.1, 0.15) is 31.2 Å². The molecule has 1 aliphatic heterocycles. The van der Waals surface area contributed by atoms with Crippen molar-refractivity contribution in [1.29, 1.82) is 0 Å². The molecule has 162 valence electrons. The molecule has 30 heavy (non-hydrogen) atoms. The van der Waals surface area contributed by atoms with Gasteiger partial charge >= 0.3 is 0 Å². The molecule has 6 nitrogen and oxygen atoms in total. The van der Waals surface area contributed by atoms with Crippen molar-refractivity contribution in [2.75, 3.05) is 20.2 Å². The number of hydrogen-bond acceptors (Lipinski definition) is 4. The van der Waals surface area contributed by atoms with E-state index in [0.717, 1.165) is 17.4 Å². The van der Waals surface area contributed by atoms with Crippen LogP contribution in [0.4, 0.5) is 4.39 Å². The number of piperidine rings is 1. The topological polar surface area (TPSA) is 75.7 Å². The quantitative estimate of drug-likeness (QED) is 0.692. The second-order valence-electron chi connectivity index (χ2n) is 7.41. The van der Waals surface area contributed by atoms with Crippen LogP contribution in [0.25, 0.3) is 0 Å². The van der Waals surface area contributed by atoms with Crippen molar-refractivity contribution in [3.63, 3.8) is 0 Å². The molecule has 2 aromatic rings. The molecule has 1 N–H and O–H groups in total. The lowest BCUT2D eigenvalue weighted by atomic mass is 9.93. The van der Waals surface area contributed by atoms with Gasteiger partial charge in [0.05, 0.1) is 7.11 Å². The first kappa shape index (κ1) is 22.2. The number of rotatable bonds is 8. The molecule has 1 aliphatic rings. The maximum absolute atomic E-state index is 13.9. The van der Waals surface area contributed by atoms with E-state index < -0.39 is 15.8 Å². The van der Waals surface area contributed by atoms with Crippen molar-refractivity contribution in [2.24, 2.45) is 5.92 Å². The molecule has 1 fully saturated rings. The zero-order valence-corrected chi connectivity index (χ0v) is 17.8. The number of nitrogens with zero attached hydrogens (tertiary/aromatic N) is 1. The molecule has 0 bridgehead atoms. The van der Waals surface area contributed by atoms with Gasteiger partial charge in [-0.15, -0.1) is 0 Å². The minimum atomic E-state index is -3.83. The minimum absolute atomic E-state index is 0.0395. The van der Waals surface area contributed by atoms with Gasteiger partial charge < -0.3 is 10.1 Å². The van der Waals surface area contributed by atoms with Gasteiger partial charge in [0.15, 0.2) is 0 Å². The van der Waals surface area contributed by atoms with Gasteiger partial charge in [0, 0.05) is 31.6 Å². The molecule has 0 aromatic heterocycles. The molecule has 1 saturated heterocycles. The third-order valence-electron chi connectivity index (χ3n) is 5.48. The summed E-state index contributed by atoms with van der Waals surface area (Å²) >= 11 is 0. The van der Waals surface area contributed by atoms with Crippen LogP contribution < -0.4 is 10.1 Å². The smallest absolute Gasteiger partial charge is 0.245 e. The summed E-state index contributed by atoms with van der Waals surface area (Å²) in [5, 5.41) is 2.91. The molecule has 0 aliphatic carbocycles. The summed E-state index contributed by atoms with van der Waals surface area (Å²) in [7, 11) is -2.23. The van der Waals surface area contributed by atoms with Crippen LogP contribution in [0.3, 0.4) is 0 Å². The zero-order chi connectivity index (χ0) is 21.6. The zero-order valence-electron chi connectivity index (χ0n) is 17.0.